The normalized spacial score (nSPS) is 28.8. The Hall–Kier alpha value is -0.800. The summed E-state index contributed by atoms with van der Waals surface area (Å²) in [5, 5.41) is 0. The molecule has 1 aliphatic carbocycles. The van der Waals surface area contributed by atoms with Crippen LogP contribution in [0.5, 0.6) is 0 Å². The summed E-state index contributed by atoms with van der Waals surface area (Å²) >= 11 is 0. The molecule has 1 fully saturated rings. The van der Waals surface area contributed by atoms with Gasteiger partial charge in [0.25, 0.3) is 0 Å². The van der Waals surface area contributed by atoms with E-state index in [1.165, 1.54) is 5.70 Å². The smallest absolute Gasteiger partial charge is 0.101 e. The van der Waals surface area contributed by atoms with Crippen LogP contribution < -0.4 is 5.73 Å². The third-order valence-corrected chi connectivity index (χ3v) is 2.53. The van der Waals surface area contributed by atoms with E-state index in [2.05, 4.69) is 23.1 Å². The van der Waals surface area contributed by atoms with Crippen LogP contribution in [0, 0.1) is 0 Å². The lowest BCUT2D eigenvalue weighted by atomic mass is 10.1. The van der Waals surface area contributed by atoms with Gasteiger partial charge in [-0.25, -0.2) is 0 Å². The first-order chi connectivity index (χ1) is 6.38. The average Bonchev–Trinajstić information content (AvgIpc) is 2.20. The van der Waals surface area contributed by atoms with Gasteiger partial charge in [-0.3, -0.25) is 0 Å². The summed E-state index contributed by atoms with van der Waals surface area (Å²) in [5.74, 6) is 0. The molecule has 1 saturated heterocycles. The van der Waals surface area contributed by atoms with Gasteiger partial charge in [-0.1, -0.05) is 12.2 Å². The molecule has 0 aromatic carbocycles. The second kappa shape index (κ2) is 3.94. The van der Waals surface area contributed by atoms with Gasteiger partial charge in [0.1, 0.15) is 6.17 Å². The largest absolute Gasteiger partial charge is 0.376 e. The molecule has 1 unspecified atom stereocenters. The van der Waals surface area contributed by atoms with Crippen LogP contribution in [0.3, 0.4) is 0 Å². The maximum Gasteiger partial charge on any atom is 0.101 e. The minimum atomic E-state index is 0.0477. The monoisotopic (exact) mass is 180 g/mol. The van der Waals surface area contributed by atoms with Crippen molar-refractivity contribution in [3.63, 3.8) is 0 Å². The maximum atomic E-state index is 5.95. The minimum Gasteiger partial charge on any atom is -0.376 e. The van der Waals surface area contributed by atoms with E-state index >= 15 is 0 Å². The van der Waals surface area contributed by atoms with Crippen LogP contribution in [0.4, 0.5) is 0 Å². The Kier molecular flexibility index (Phi) is 2.66. The van der Waals surface area contributed by atoms with E-state index in [-0.39, 0.29) is 6.17 Å². The predicted octanol–water partition coefficient (Wildman–Crippen LogP) is 0.837. The second-order valence-electron chi connectivity index (χ2n) is 3.46. The van der Waals surface area contributed by atoms with Crippen molar-refractivity contribution in [3.05, 3.63) is 23.9 Å². The van der Waals surface area contributed by atoms with E-state index in [1.54, 1.807) is 0 Å². The van der Waals surface area contributed by atoms with Crippen LogP contribution in [-0.2, 0) is 4.74 Å². The van der Waals surface area contributed by atoms with Crippen LogP contribution in [0.1, 0.15) is 12.8 Å². The van der Waals surface area contributed by atoms with Gasteiger partial charge in [0, 0.05) is 12.2 Å². The first-order valence-corrected chi connectivity index (χ1v) is 4.83. The van der Waals surface area contributed by atoms with E-state index < -0.39 is 0 Å². The quantitative estimate of drug-likeness (QED) is 0.649. The lowest BCUT2D eigenvalue weighted by Crippen LogP contribution is -2.50. The minimum absolute atomic E-state index is 0.0477. The number of nitrogens with two attached hydrogens (primary N) is 1. The summed E-state index contributed by atoms with van der Waals surface area (Å²) in [4.78, 5) is 2.26. The third-order valence-electron chi connectivity index (χ3n) is 2.53. The van der Waals surface area contributed by atoms with Gasteiger partial charge in [0.2, 0.25) is 0 Å². The van der Waals surface area contributed by atoms with Crippen LogP contribution in [0.25, 0.3) is 0 Å². The van der Waals surface area contributed by atoms with Gasteiger partial charge in [-0.2, -0.15) is 0 Å². The molecule has 72 valence electrons. The van der Waals surface area contributed by atoms with Crippen molar-refractivity contribution in [2.24, 2.45) is 5.73 Å². The van der Waals surface area contributed by atoms with Crippen molar-refractivity contribution in [1.29, 1.82) is 0 Å². The zero-order valence-corrected chi connectivity index (χ0v) is 7.78. The molecule has 1 heterocycles. The van der Waals surface area contributed by atoms with Crippen LogP contribution in [0.15, 0.2) is 23.9 Å². The molecular weight excluding hydrogens is 164 g/mol. The molecule has 0 amide bonds. The molecule has 2 N–H and O–H groups in total. The predicted molar refractivity (Wildman–Crippen MR) is 52.0 cm³/mol. The van der Waals surface area contributed by atoms with E-state index in [4.69, 9.17) is 10.5 Å². The van der Waals surface area contributed by atoms with Crippen molar-refractivity contribution >= 4 is 0 Å². The molecule has 1 aliphatic heterocycles. The fourth-order valence-electron chi connectivity index (χ4n) is 1.81. The highest BCUT2D eigenvalue weighted by atomic mass is 16.5. The highest BCUT2D eigenvalue weighted by molar-refractivity contribution is 5.17. The van der Waals surface area contributed by atoms with Gasteiger partial charge < -0.3 is 15.4 Å². The van der Waals surface area contributed by atoms with Crippen LogP contribution in [-0.4, -0.2) is 30.8 Å². The molecule has 1 atom stereocenters. The van der Waals surface area contributed by atoms with Crippen molar-refractivity contribution in [2.45, 2.75) is 19.0 Å². The summed E-state index contributed by atoms with van der Waals surface area (Å²) in [5.41, 5.74) is 7.31. The number of hydrogen-bond donors (Lipinski definition) is 1. The Bertz CT molecular complexity index is 235. The average molecular weight is 180 g/mol. The molecule has 0 aromatic heterocycles. The van der Waals surface area contributed by atoms with Crippen LogP contribution >= 0.6 is 0 Å². The summed E-state index contributed by atoms with van der Waals surface area (Å²) in [6.45, 7) is 2.39. The fraction of sp³-hybridized carbons (Fsp3) is 0.600. The van der Waals surface area contributed by atoms with Gasteiger partial charge >= 0.3 is 0 Å². The molecule has 0 bridgehead atoms. The Morgan fingerprint density at radius 1 is 1.54 bits per heavy atom. The number of ether oxygens (including phenoxy) is 1. The zero-order chi connectivity index (χ0) is 9.10. The summed E-state index contributed by atoms with van der Waals surface area (Å²) in [7, 11) is 0. The molecule has 2 rings (SSSR count). The van der Waals surface area contributed by atoms with Crippen LogP contribution in [0.2, 0.25) is 0 Å². The molecule has 0 saturated carbocycles. The first kappa shape index (κ1) is 8.78. The topological polar surface area (TPSA) is 38.5 Å². The summed E-state index contributed by atoms with van der Waals surface area (Å²) in [6, 6.07) is 0. The molecule has 0 radical (unpaired) electrons. The molecule has 3 heteroatoms. The highest BCUT2D eigenvalue weighted by Gasteiger charge is 2.20. The maximum absolute atomic E-state index is 5.95. The van der Waals surface area contributed by atoms with E-state index in [1.807, 2.05) is 0 Å². The number of hydrogen-bond acceptors (Lipinski definition) is 3. The first-order valence-electron chi connectivity index (χ1n) is 4.83. The van der Waals surface area contributed by atoms with Gasteiger partial charge in [-0.05, 0) is 18.9 Å². The van der Waals surface area contributed by atoms with E-state index in [9.17, 15) is 0 Å². The molecule has 3 nitrogen and oxygen atoms in total. The lowest BCUT2D eigenvalue weighted by Gasteiger charge is -2.37. The van der Waals surface area contributed by atoms with Gasteiger partial charge in [0.05, 0.1) is 13.2 Å². The van der Waals surface area contributed by atoms with Crippen molar-refractivity contribution < 1.29 is 4.74 Å². The number of morpholine rings is 1. The molecular formula is C10H16N2O. The Morgan fingerprint density at radius 3 is 3.15 bits per heavy atom. The molecule has 0 aromatic rings. The summed E-state index contributed by atoms with van der Waals surface area (Å²) in [6.07, 6.45) is 8.76. The molecule has 2 aliphatic rings. The SMILES string of the molecule is NC1COCCN1C1=CC=CCC1. The zero-order valence-electron chi connectivity index (χ0n) is 7.78. The van der Waals surface area contributed by atoms with Gasteiger partial charge in [-0.15, -0.1) is 0 Å². The Labute approximate surface area is 78.8 Å². The number of rotatable bonds is 1. The van der Waals surface area contributed by atoms with Crippen molar-refractivity contribution in [1.82, 2.24) is 4.90 Å². The second-order valence-corrected chi connectivity index (χ2v) is 3.46. The molecule has 0 spiro atoms. The van der Waals surface area contributed by atoms with E-state index in [0.717, 1.165) is 26.0 Å². The van der Waals surface area contributed by atoms with Gasteiger partial charge in [0.15, 0.2) is 0 Å². The number of nitrogens with zero attached hydrogens (tertiary/aromatic N) is 1. The Balaban J connectivity index is 2.05. The van der Waals surface area contributed by atoms with Crippen molar-refractivity contribution in [2.75, 3.05) is 19.8 Å². The molecule has 13 heavy (non-hydrogen) atoms. The highest BCUT2D eigenvalue weighted by Crippen LogP contribution is 2.19. The summed E-state index contributed by atoms with van der Waals surface area (Å²) < 4.78 is 5.29. The number of allylic oxidation sites excluding steroid dienone is 4. The lowest BCUT2D eigenvalue weighted by molar-refractivity contribution is 0.0107. The van der Waals surface area contributed by atoms with Crippen molar-refractivity contribution in [3.8, 4) is 0 Å². The standard InChI is InChI=1S/C10H16N2O/c11-10-8-13-7-6-12(10)9-4-2-1-3-5-9/h1-2,4,10H,3,5-8,11H2. The fourth-order valence-corrected chi connectivity index (χ4v) is 1.81. The third kappa shape index (κ3) is 1.92. The van der Waals surface area contributed by atoms with E-state index in [0.29, 0.717) is 6.61 Å². The Morgan fingerprint density at radius 2 is 2.46 bits per heavy atom.